The number of hydrogen-bond donors (Lipinski definition) is 2. The molecule has 1 aliphatic rings. The van der Waals surface area contributed by atoms with Gasteiger partial charge in [-0.15, -0.1) is 0 Å². The van der Waals surface area contributed by atoms with E-state index in [2.05, 4.69) is 0 Å². The number of methoxy groups -OCH3 is 1. The monoisotopic (exact) mass is 209 g/mol. The summed E-state index contributed by atoms with van der Waals surface area (Å²) in [5.74, 6) is 1.51. The summed E-state index contributed by atoms with van der Waals surface area (Å²) >= 11 is 0. The first-order chi connectivity index (χ1) is 7.26. The number of aliphatic hydroxyl groups excluding tert-OH is 1. The quantitative estimate of drug-likeness (QED) is 0.766. The molecule has 2 rings (SSSR count). The van der Waals surface area contributed by atoms with Crippen LogP contribution in [0.25, 0.3) is 0 Å². The number of benzene rings is 1. The topological polar surface area (TPSA) is 64.7 Å². The third-order valence-electron chi connectivity index (χ3n) is 2.62. The maximum absolute atomic E-state index is 9.00. The molecule has 4 nitrogen and oxygen atoms in total. The number of hydrogen-bond acceptors (Lipinski definition) is 4. The zero-order valence-corrected chi connectivity index (χ0v) is 8.69. The van der Waals surface area contributed by atoms with Crippen LogP contribution in [0.3, 0.4) is 0 Å². The van der Waals surface area contributed by atoms with E-state index in [1.807, 2.05) is 12.1 Å². The molecule has 0 saturated heterocycles. The number of nitrogens with two attached hydrogens (primary N) is 1. The lowest BCUT2D eigenvalue weighted by Gasteiger charge is -2.13. The van der Waals surface area contributed by atoms with Crippen LogP contribution in [0.2, 0.25) is 0 Å². The summed E-state index contributed by atoms with van der Waals surface area (Å²) in [4.78, 5) is 0. The summed E-state index contributed by atoms with van der Waals surface area (Å²) < 4.78 is 10.7. The van der Waals surface area contributed by atoms with E-state index in [1.165, 1.54) is 0 Å². The lowest BCUT2D eigenvalue weighted by Crippen LogP contribution is -2.14. The number of ether oxygens (including phenoxy) is 2. The van der Waals surface area contributed by atoms with Crippen molar-refractivity contribution in [1.29, 1.82) is 0 Å². The lowest BCUT2D eigenvalue weighted by atomic mass is 10.0. The van der Waals surface area contributed by atoms with Crippen molar-refractivity contribution >= 4 is 0 Å². The SMILES string of the molecule is COc1cc(C(N)CO)cc2c1OCC2. The molecule has 0 aliphatic carbocycles. The van der Waals surface area contributed by atoms with Crippen molar-refractivity contribution in [2.45, 2.75) is 12.5 Å². The highest BCUT2D eigenvalue weighted by Gasteiger charge is 2.20. The molecule has 1 aliphatic heterocycles. The van der Waals surface area contributed by atoms with Crippen LogP contribution in [-0.2, 0) is 6.42 Å². The molecule has 0 bridgehead atoms. The minimum atomic E-state index is -0.357. The van der Waals surface area contributed by atoms with E-state index in [4.69, 9.17) is 20.3 Å². The average molecular weight is 209 g/mol. The maximum atomic E-state index is 9.00. The zero-order chi connectivity index (χ0) is 10.8. The van der Waals surface area contributed by atoms with Gasteiger partial charge in [-0.2, -0.15) is 0 Å². The summed E-state index contributed by atoms with van der Waals surface area (Å²) in [6, 6.07) is 3.45. The van der Waals surface area contributed by atoms with E-state index in [1.54, 1.807) is 7.11 Å². The van der Waals surface area contributed by atoms with Crippen LogP contribution in [0.15, 0.2) is 12.1 Å². The van der Waals surface area contributed by atoms with Gasteiger partial charge in [-0.1, -0.05) is 6.07 Å². The minimum Gasteiger partial charge on any atom is -0.493 e. The molecule has 3 N–H and O–H groups in total. The van der Waals surface area contributed by atoms with Crippen LogP contribution in [0.5, 0.6) is 11.5 Å². The van der Waals surface area contributed by atoms with Crippen LogP contribution < -0.4 is 15.2 Å². The Morgan fingerprint density at radius 2 is 2.40 bits per heavy atom. The Labute approximate surface area is 88.6 Å². The first-order valence-corrected chi connectivity index (χ1v) is 4.96. The van der Waals surface area contributed by atoms with Crippen molar-refractivity contribution < 1.29 is 14.6 Å². The molecular weight excluding hydrogens is 194 g/mol. The van der Waals surface area contributed by atoms with Crippen molar-refractivity contribution in [1.82, 2.24) is 0 Å². The van der Waals surface area contributed by atoms with Gasteiger partial charge < -0.3 is 20.3 Å². The summed E-state index contributed by atoms with van der Waals surface area (Å²) in [6.45, 7) is 0.617. The highest BCUT2D eigenvalue weighted by atomic mass is 16.5. The standard InChI is InChI=1S/C11H15NO3/c1-14-10-5-8(9(12)6-13)4-7-2-3-15-11(7)10/h4-5,9,13H,2-3,6,12H2,1H3. The zero-order valence-electron chi connectivity index (χ0n) is 8.69. The van der Waals surface area contributed by atoms with Gasteiger partial charge in [-0.25, -0.2) is 0 Å². The maximum Gasteiger partial charge on any atom is 0.164 e. The largest absolute Gasteiger partial charge is 0.493 e. The van der Waals surface area contributed by atoms with Crippen molar-refractivity contribution in [3.63, 3.8) is 0 Å². The predicted octanol–water partition coefficient (Wildman–Crippen LogP) is 0.622. The Morgan fingerprint density at radius 3 is 3.07 bits per heavy atom. The second-order valence-electron chi connectivity index (χ2n) is 3.60. The predicted molar refractivity (Wildman–Crippen MR) is 56.2 cm³/mol. The first-order valence-electron chi connectivity index (χ1n) is 4.96. The van der Waals surface area contributed by atoms with Crippen LogP contribution in [0.1, 0.15) is 17.2 Å². The second kappa shape index (κ2) is 4.08. The Hall–Kier alpha value is -1.26. The highest BCUT2D eigenvalue weighted by Crippen LogP contribution is 2.37. The van der Waals surface area contributed by atoms with Gasteiger partial charge in [0.1, 0.15) is 0 Å². The summed E-state index contributed by atoms with van der Waals surface area (Å²) in [5, 5.41) is 9.00. The van der Waals surface area contributed by atoms with E-state index < -0.39 is 0 Å². The Kier molecular flexibility index (Phi) is 2.79. The van der Waals surface area contributed by atoms with E-state index in [9.17, 15) is 0 Å². The van der Waals surface area contributed by atoms with Gasteiger partial charge in [0.2, 0.25) is 0 Å². The average Bonchev–Trinajstić information content (AvgIpc) is 2.74. The van der Waals surface area contributed by atoms with Crippen LogP contribution >= 0.6 is 0 Å². The molecule has 0 fully saturated rings. The normalized spacial score (nSPS) is 15.7. The van der Waals surface area contributed by atoms with Gasteiger partial charge in [0.25, 0.3) is 0 Å². The van der Waals surface area contributed by atoms with E-state index in [0.29, 0.717) is 12.4 Å². The minimum absolute atomic E-state index is 0.0667. The lowest BCUT2D eigenvalue weighted by molar-refractivity contribution is 0.267. The molecule has 4 heteroatoms. The molecule has 82 valence electrons. The third-order valence-corrected chi connectivity index (χ3v) is 2.62. The van der Waals surface area contributed by atoms with Gasteiger partial charge >= 0.3 is 0 Å². The van der Waals surface area contributed by atoms with E-state index in [0.717, 1.165) is 23.3 Å². The number of fused-ring (bicyclic) bond motifs is 1. The molecule has 0 aromatic heterocycles. The Balaban J connectivity index is 2.43. The van der Waals surface area contributed by atoms with Crippen molar-refractivity contribution in [3.8, 4) is 11.5 Å². The van der Waals surface area contributed by atoms with E-state index >= 15 is 0 Å². The molecule has 1 atom stereocenters. The highest BCUT2D eigenvalue weighted by molar-refractivity contribution is 5.52. The van der Waals surface area contributed by atoms with Crippen molar-refractivity contribution in [2.24, 2.45) is 5.73 Å². The van der Waals surface area contributed by atoms with Gasteiger partial charge in [-0.05, 0) is 11.6 Å². The molecule has 0 saturated carbocycles. The molecule has 0 amide bonds. The summed E-state index contributed by atoms with van der Waals surface area (Å²) in [7, 11) is 1.60. The number of rotatable bonds is 3. The van der Waals surface area contributed by atoms with Crippen LogP contribution in [0.4, 0.5) is 0 Å². The Bertz CT molecular complexity index is 365. The molecule has 1 heterocycles. The molecule has 0 spiro atoms. The third kappa shape index (κ3) is 1.78. The molecule has 0 radical (unpaired) electrons. The summed E-state index contributed by atoms with van der Waals surface area (Å²) in [6.07, 6.45) is 0.873. The van der Waals surface area contributed by atoms with E-state index in [-0.39, 0.29) is 12.6 Å². The number of aliphatic hydroxyl groups is 1. The second-order valence-corrected chi connectivity index (χ2v) is 3.60. The molecule has 1 aromatic carbocycles. The van der Waals surface area contributed by atoms with Crippen molar-refractivity contribution in [2.75, 3.05) is 20.3 Å². The van der Waals surface area contributed by atoms with Gasteiger partial charge in [0, 0.05) is 12.0 Å². The molecule has 1 unspecified atom stereocenters. The fourth-order valence-electron chi connectivity index (χ4n) is 1.77. The van der Waals surface area contributed by atoms with Gasteiger partial charge in [0.15, 0.2) is 11.5 Å². The molecule has 1 aromatic rings. The molecule has 15 heavy (non-hydrogen) atoms. The first kappa shape index (κ1) is 10.3. The summed E-state index contributed by atoms with van der Waals surface area (Å²) in [5.41, 5.74) is 7.76. The van der Waals surface area contributed by atoms with Crippen LogP contribution in [0, 0.1) is 0 Å². The molecular formula is C11H15NO3. The fraction of sp³-hybridized carbons (Fsp3) is 0.455. The smallest absolute Gasteiger partial charge is 0.164 e. The van der Waals surface area contributed by atoms with Crippen LogP contribution in [-0.4, -0.2) is 25.4 Å². The van der Waals surface area contributed by atoms with Gasteiger partial charge in [-0.3, -0.25) is 0 Å². The Morgan fingerprint density at radius 1 is 1.60 bits per heavy atom. The fourth-order valence-corrected chi connectivity index (χ4v) is 1.77. The van der Waals surface area contributed by atoms with Crippen molar-refractivity contribution in [3.05, 3.63) is 23.3 Å². The van der Waals surface area contributed by atoms with Gasteiger partial charge in [0.05, 0.1) is 26.4 Å².